The van der Waals surface area contributed by atoms with E-state index in [2.05, 4.69) is 0 Å². The van der Waals surface area contributed by atoms with Crippen molar-refractivity contribution in [1.29, 1.82) is 0 Å². The van der Waals surface area contributed by atoms with Gasteiger partial charge < -0.3 is 0 Å². The molecule has 1 saturated carbocycles. The van der Waals surface area contributed by atoms with E-state index in [-0.39, 0.29) is 12.8 Å². The highest BCUT2D eigenvalue weighted by Gasteiger charge is 3.01. The van der Waals surface area contributed by atoms with Crippen molar-refractivity contribution in [1.82, 2.24) is 0 Å². The van der Waals surface area contributed by atoms with E-state index in [1.165, 1.54) is 6.92 Å². The highest BCUT2D eigenvalue weighted by atomic mass is 127. The summed E-state index contributed by atoms with van der Waals surface area (Å²) in [6.45, 7) is 1.71. The molecule has 0 heterocycles. The standard InChI is InChI=1S/C12H12F11I/c1-3-4-6(24)5(2)7(13)8(14,15)10(18,19)12(22,23)11(20,21)9(7,16)17/h5-6H,3-4H2,1-2H3. The second kappa shape index (κ2) is 5.73. The molecular formula is C12H12F11I. The largest absolute Gasteiger partial charge is 0.384 e. The van der Waals surface area contributed by atoms with Gasteiger partial charge in [0.25, 0.3) is 5.67 Å². The van der Waals surface area contributed by atoms with Crippen molar-refractivity contribution in [3.63, 3.8) is 0 Å². The van der Waals surface area contributed by atoms with Crippen LogP contribution in [0.5, 0.6) is 0 Å². The fourth-order valence-electron chi connectivity index (χ4n) is 2.59. The first-order valence-corrected chi connectivity index (χ1v) is 7.86. The maximum Gasteiger partial charge on any atom is 0.384 e. The maximum absolute atomic E-state index is 14.6. The Morgan fingerprint density at radius 2 is 0.958 bits per heavy atom. The quantitative estimate of drug-likeness (QED) is 0.252. The van der Waals surface area contributed by atoms with Crippen LogP contribution in [0.15, 0.2) is 0 Å². The first-order valence-electron chi connectivity index (χ1n) is 6.61. The predicted octanol–water partition coefficient (Wildman–Crippen LogP) is 6.12. The molecule has 0 aromatic rings. The van der Waals surface area contributed by atoms with Crippen LogP contribution in [0.3, 0.4) is 0 Å². The lowest BCUT2D eigenvalue weighted by Crippen LogP contribution is -2.85. The molecule has 1 aliphatic carbocycles. The number of rotatable bonds is 4. The average Bonchev–Trinajstić information content (AvgIpc) is 2.43. The molecule has 0 nitrogen and oxygen atoms in total. The molecule has 2 unspecified atom stereocenters. The molecule has 0 saturated heterocycles. The third-order valence-electron chi connectivity index (χ3n) is 4.23. The Morgan fingerprint density at radius 3 is 1.25 bits per heavy atom. The molecule has 0 N–H and O–H groups in total. The van der Waals surface area contributed by atoms with Crippen LogP contribution < -0.4 is 0 Å². The minimum atomic E-state index is -7.15. The zero-order chi connectivity index (χ0) is 19.6. The van der Waals surface area contributed by atoms with Crippen LogP contribution in [0.1, 0.15) is 26.7 Å². The first kappa shape index (κ1) is 22.0. The van der Waals surface area contributed by atoms with Crippen molar-refractivity contribution in [2.75, 3.05) is 0 Å². The van der Waals surface area contributed by atoms with Crippen molar-refractivity contribution in [3.8, 4) is 0 Å². The van der Waals surface area contributed by atoms with E-state index in [4.69, 9.17) is 0 Å². The third-order valence-corrected chi connectivity index (χ3v) is 5.93. The molecule has 2 atom stereocenters. The van der Waals surface area contributed by atoms with Gasteiger partial charge in [0.2, 0.25) is 0 Å². The summed E-state index contributed by atoms with van der Waals surface area (Å²) in [6, 6.07) is 0. The van der Waals surface area contributed by atoms with Gasteiger partial charge in [-0.3, -0.25) is 0 Å². The molecule has 1 rings (SSSR count). The van der Waals surface area contributed by atoms with Gasteiger partial charge in [-0.15, -0.1) is 0 Å². The Bertz CT molecular complexity index is 457. The van der Waals surface area contributed by atoms with Crippen LogP contribution in [0.4, 0.5) is 48.3 Å². The van der Waals surface area contributed by atoms with Gasteiger partial charge in [-0.25, -0.2) is 4.39 Å². The third kappa shape index (κ3) is 2.15. The maximum atomic E-state index is 14.6. The Labute approximate surface area is 143 Å². The second-order valence-electron chi connectivity index (χ2n) is 5.68. The highest BCUT2D eigenvalue weighted by Crippen LogP contribution is 2.71. The van der Waals surface area contributed by atoms with Gasteiger partial charge in [0, 0.05) is 9.84 Å². The van der Waals surface area contributed by atoms with Gasteiger partial charge in [-0.1, -0.05) is 42.9 Å². The summed E-state index contributed by atoms with van der Waals surface area (Å²) in [5, 5.41) is 0. The summed E-state index contributed by atoms with van der Waals surface area (Å²) in [5.74, 6) is -37.4. The zero-order valence-electron chi connectivity index (χ0n) is 12.1. The lowest BCUT2D eigenvalue weighted by molar-refractivity contribution is -0.490. The van der Waals surface area contributed by atoms with Crippen molar-refractivity contribution < 1.29 is 48.3 Å². The summed E-state index contributed by atoms with van der Waals surface area (Å²) in [7, 11) is 0. The SMILES string of the molecule is CCCC(I)C(C)C1(F)C(F)(F)C(F)(F)C(F)(F)C(F)(F)C1(F)F. The van der Waals surface area contributed by atoms with Crippen LogP contribution in [0, 0.1) is 5.92 Å². The normalized spacial score (nSPS) is 31.2. The molecule has 24 heavy (non-hydrogen) atoms. The molecule has 12 heteroatoms. The van der Waals surface area contributed by atoms with E-state index in [0.717, 1.165) is 22.6 Å². The molecule has 1 aliphatic rings. The van der Waals surface area contributed by atoms with Gasteiger partial charge in [0.1, 0.15) is 0 Å². The molecule has 1 fully saturated rings. The monoisotopic (exact) mass is 492 g/mol. The Hall–Kier alpha value is -0.0400. The predicted molar refractivity (Wildman–Crippen MR) is 70.5 cm³/mol. The van der Waals surface area contributed by atoms with Gasteiger partial charge in [0.15, 0.2) is 0 Å². The number of hydrogen-bond acceptors (Lipinski definition) is 0. The van der Waals surface area contributed by atoms with E-state index in [9.17, 15) is 48.3 Å². The van der Waals surface area contributed by atoms with E-state index in [1.54, 1.807) is 0 Å². The first-order chi connectivity index (χ1) is 10.4. The summed E-state index contributed by atoms with van der Waals surface area (Å²) >= 11 is 1.16. The minimum absolute atomic E-state index is 0.105. The fourth-order valence-corrected chi connectivity index (χ4v) is 3.71. The molecule has 0 aromatic heterocycles. The van der Waals surface area contributed by atoms with Gasteiger partial charge >= 0.3 is 29.6 Å². The molecule has 0 radical (unpaired) electrons. The van der Waals surface area contributed by atoms with Crippen LogP contribution in [-0.4, -0.2) is 39.2 Å². The summed E-state index contributed by atoms with van der Waals surface area (Å²) < 4.78 is 148. The topological polar surface area (TPSA) is 0 Å². The summed E-state index contributed by atoms with van der Waals surface area (Å²) in [6.07, 6.45) is -0.152. The van der Waals surface area contributed by atoms with Crippen LogP contribution >= 0.6 is 22.6 Å². The summed E-state index contributed by atoms with van der Waals surface area (Å²) in [4.78, 5) is 0. The van der Waals surface area contributed by atoms with Crippen molar-refractivity contribution >= 4 is 22.6 Å². The van der Waals surface area contributed by atoms with Crippen LogP contribution in [0.2, 0.25) is 0 Å². The van der Waals surface area contributed by atoms with Crippen LogP contribution in [-0.2, 0) is 0 Å². The van der Waals surface area contributed by atoms with Crippen molar-refractivity contribution in [2.24, 2.45) is 5.92 Å². The number of alkyl halides is 12. The molecule has 0 aliphatic heterocycles. The number of halogens is 12. The number of hydrogen-bond donors (Lipinski definition) is 0. The lowest BCUT2D eigenvalue weighted by Gasteiger charge is -2.55. The van der Waals surface area contributed by atoms with Crippen molar-refractivity contribution in [3.05, 3.63) is 0 Å². The van der Waals surface area contributed by atoms with Gasteiger partial charge in [0.05, 0.1) is 0 Å². The Kier molecular flexibility index (Phi) is 5.25. The molecule has 0 spiro atoms. The minimum Gasteiger partial charge on any atom is -0.230 e. The van der Waals surface area contributed by atoms with Crippen molar-refractivity contribution in [2.45, 2.75) is 65.9 Å². The molecule has 0 aromatic carbocycles. The molecule has 0 bridgehead atoms. The van der Waals surface area contributed by atoms with Gasteiger partial charge in [-0.2, -0.15) is 43.9 Å². The highest BCUT2D eigenvalue weighted by molar-refractivity contribution is 14.1. The summed E-state index contributed by atoms with van der Waals surface area (Å²) in [5.41, 5.74) is -5.88. The van der Waals surface area contributed by atoms with E-state index in [1.807, 2.05) is 0 Å². The zero-order valence-corrected chi connectivity index (χ0v) is 14.3. The molecule has 0 amide bonds. The molecule has 144 valence electrons. The van der Waals surface area contributed by atoms with Gasteiger partial charge in [-0.05, 0) is 6.42 Å². The lowest BCUT2D eigenvalue weighted by atomic mass is 9.66. The smallest absolute Gasteiger partial charge is 0.230 e. The van der Waals surface area contributed by atoms with E-state index >= 15 is 0 Å². The Balaban J connectivity index is 3.75. The average molecular weight is 492 g/mol. The van der Waals surface area contributed by atoms with E-state index < -0.39 is 45.1 Å². The molecular weight excluding hydrogens is 480 g/mol. The second-order valence-corrected chi connectivity index (χ2v) is 7.28. The fraction of sp³-hybridized carbons (Fsp3) is 1.00. The van der Waals surface area contributed by atoms with E-state index in [0.29, 0.717) is 6.92 Å². The Morgan fingerprint density at radius 1 is 0.667 bits per heavy atom. The van der Waals surface area contributed by atoms with Crippen LogP contribution in [0.25, 0.3) is 0 Å².